The van der Waals surface area contributed by atoms with Crippen molar-refractivity contribution in [2.24, 2.45) is 0 Å². The summed E-state index contributed by atoms with van der Waals surface area (Å²) in [6.45, 7) is 0. The van der Waals surface area contributed by atoms with Crippen LogP contribution in [0.1, 0.15) is 43.6 Å². The fourth-order valence-corrected chi connectivity index (χ4v) is 4.10. The van der Waals surface area contributed by atoms with Crippen LogP contribution in [-0.2, 0) is 0 Å². The number of benzene rings is 3. The minimum Gasteiger partial charge on any atom is -0.203 e. The summed E-state index contributed by atoms with van der Waals surface area (Å²) in [6.07, 6.45) is 4.74. The molecule has 0 N–H and O–H groups in total. The van der Waals surface area contributed by atoms with Gasteiger partial charge in [0.1, 0.15) is 0 Å². The Balaban J connectivity index is 1.75. The smallest absolute Gasteiger partial charge is 0.167 e. The van der Waals surface area contributed by atoms with Gasteiger partial charge in [-0.3, -0.25) is 0 Å². The van der Waals surface area contributed by atoms with E-state index in [4.69, 9.17) is 0 Å². The molecular weight excluding hydrogens is 364 g/mol. The zero-order valence-electron chi connectivity index (χ0n) is 15.3. The molecule has 0 aromatic heterocycles. The summed E-state index contributed by atoms with van der Waals surface area (Å²) in [5.41, 5.74) is 0.408. The van der Waals surface area contributed by atoms with E-state index in [9.17, 15) is 17.6 Å². The fraction of sp³-hybridized carbons (Fsp3) is 0.250. The van der Waals surface area contributed by atoms with Crippen LogP contribution in [-0.4, -0.2) is 0 Å². The number of rotatable bonds is 3. The average molecular weight is 384 g/mol. The topological polar surface area (TPSA) is 0 Å². The molecule has 0 radical (unpaired) electrons. The molecule has 28 heavy (non-hydrogen) atoms. The molecule has 0 unspecified atom stereocenters. The minimum absolute atomic E-state index is 0.0145. The molecule has 1 fully saturated rings. The maximum atomic E-state index is 14.8. The van der Waals surface area contributed by atoms with E-state index in [0.717, 1.165) is 32.1 Å². The molecule has 144 valence electrons. The second kappa shape index (κ2) is 7.78. The first-order valence-electron chi connectivity index (χ1n) is 9.59. The lowest BCUT2D eigenvalue weighted by molar-refractivity contribution is 0.417. The molecule has 3 aromatic rings. The summed E-state index contributed by atoms with van der Waals surface area (Å²) >= 11 is 0. The average Bonchev–Trinajstić information content (AvgIpc) is 2.74. The van der Waals surface area contributed by atoms with E-state index in [-0.39, 0.29) is 22.6 Å². The lowest BCUT2D eigenvalue weighted by Crippen LogP contribution is -2.08. The van der Waals surface area contributed by atoms with Gasteiger partial charge in [-0.25, -0.2) is 17.6 Å². The molecule has 0 atom stereocenters. The summed E-state index contributed by atoms with van der Waals surface area (Å²) in [5.74, 6) is -4.32. The van der Waals surface area contributed by atoms with Gasteiger partial charge in [0.25, 0.3) is 0 Å². The summed E-state index contributed by atoms with van der Waals surface area (Å²) in [4.78, 5) is 0. The molecule has 0 heterocycles. The van der Waals surface area contributed by atoms with Crippen LogP contribution in [0, 0.1) is 23.3 Å². The Kier molecular flexibility index (Phi) is 5.21. The van der Waals surface area contributed by atoms with Crippen molar-refractivity contribution in [2.45, 2.75) is 38.0 Å². The van der Waals surface area contributed by atoms with Gasteiger partial charge in [0, 0.05) is 16.7 Å². The van der Waals surface area contributed by atoms with E-state index >= 15 is 0 Å². The second-order valence-electron chi connectivity index (χ2n) is 7.32. The fourth-order valence-electron chi connectivity index (χ4n) is 4.10. The van der Waals surface area contributed by atoms with Gasteiger partial charge in [0.2, 0.25) is 0 Å². The van der Waals surface area contributed by atoms with Gasteiger partial charge in [-0.1, -0.05) is 73.9 Å². The van der Waals surface area contributed by atoms with Crippen LogP contribution in [0.25, 0.3) is 22.3 Å². The predicted octanol–water partition coefficient (Wildman–Crippen LogP) is 7.62. The third kappa shape index (κ3) is 3.32. The Labute approximate surface area is 161 Å². The number of hydrogen-bond acceptors (Lipinski definition) is 0. The normalized spacial score (nSPS) is 15.0. The van der Waals surface area contributed by atoms with Crippen molar-refractivity contribution >= 4 is 0 Å². The van der Waals surface area contributed by atoms with Gasteiger partial charge in [0.05, 0.1) is 0 Å². The Morgan fingerprint density at radius 1 is 0.536 bits per heavy atom. The number of halogens is 4. The number of hydrogen-bond donors (Lipinski definition) is 0. The van der Waals surface area contributed by atoms with Crippen molar-refractivity contribution in [3.63, 3.8) is 0 Å². The van der Waals surface area contributed by atoms with E-state index in [0.29, 0.717) is 11.1 Å². The van der Waals surface area contributed by atoms with E-state index in [1.54, 1.807) is 30.3 Å². The molecule has 3 aromatic carbocycles. The summed E-state index contributed by atoms with van der Waals surface area (Å²) in [6, 6.07) is 14.1. The molecule has 4 heteroatoms. The van der Waals surface area contributed by atoms with Crippen molar-refractivity contribution in [2.75, 3.05) is 0 Å². The van der Waals surface area contributed by atoms with Crippen LogP contribution in [0.3, 0.4) is 0 Å². The van der Waals surface area contributed by atoms with Crippen molar-refractivity contribution in [3.8, 4) is 22.3 Å². The van der Waals surface area contributed by atoms with Gasteiger partial charge in [-0.2, -0.15) is 0 Å². The highest BCUT2D eigenvalue weighted by atomic mass is 19.2. The molecule has 0 nitrogen and oxygen atoms in total. The van der Waals surface area contributed by atoms with Crippen LogP contribution < -0.4 is 0 Å². The molecule has 0 aliphatic heterocycles. The molecule has 1 saturated carbocycles. The van der Waals surface area contributed by atoms with Gasteiger partial charge in [-0.05, 0) is 29.9 Å². The van der Waals surface area contributed by atoms with Crippen molar-refractivity contribution in [1.82, 2.24) is 0 Å². The molecule has 0 amide bonds. The van der Waals surface area contributed by atoms with Gasteiger partial charge < -0.3 is 0 Å². The van der Waals surface area contributed by atoms with Crippen LogP contribution in [0.4, 0.5) is 17.6 Å². The zero-order chi connectivity index (χ0) is 19.7. The van der Waals surface area contributed by atoms with Crippen LogP contribution in [0.2, 0.25) is 0 Å². The quantitative estimate of drug-likeness (QED) is 0.407. The molecular formula is C24H20F4. The predicted molar refractivity (Wildman–Crippen MR) is 103 cm³/mol. The molecule has 4 rings (SSSR count). The van der Waals surface area contributed by atoms with Gasteiger partial charge in [0.15, 0.2) is 23.3 Å². The summed E-state index contributed by atoms with van der Waals surface area (Å²) in [7, 11) is 0. The van der Waals surface area contributed by atoms with Crippen LogP contribution in [0.15, 0.2) is 54.6 Å². The highest BCUT2D eigenvalue weighted by molar-refractivity contribution is 5.72. The van der Waals surface area contributed by atoms with Crippen LogP contribution >= 0.6 is 0 Å². The third-order valence-electron chi connectivity index (χ3n) is 5.61. The molecule has 1 aliphatic rings. The highest BCUT2D eigenvalue weighted by Crippen LogP contribution is 2.38. The lowest BCUT2D eigenvalue weighted by Gasteiger charge is -2.23. The van der Waals surface area contributed by atoms with E-state index < -0.39 is 23.3 Å². The van der Waals surface area contributed by atoms with E-state index in [1.165, 1.54) is 24.3 Å². The molecule has 0 spiro atoms. The molecule has 1 aliphatic carbocycles. The Morgan fingerprint density at radius 2 is 1.07 bits per heavy atom. The maximum absolute atomic E-state index is 14.8. The first kappa shape index (κ1) is 18.7. The van der Waals surface area contributed by atoms with E-state index in [1.807, 2.05) is 0 Å². The first-order valence-corrected chi connectivity index (χ1v) is 9.59. The van der Waals surface area contributed by atoms with Crippen LogP contribution in [0.5, 0.6) is 0 Å². The second-order valence-corrected chi connectivity index (χ2v) is 7.32. The Morgan fingerprint density at radius 3 is 1.75 bits per heavy atom. The third-order valence-corrected chi connectivity index (χ3v) is 5.61. The first-order chi connectivity index (χ1) is 13.6. The largest absolute Gasteiger partial charge is 0.203 e. The Hall–Kier alpha value is -2.62. The lowest BCUT2D eigenvalue weighted by atomic mass is 9.83. The zero-order valence-corrected chi connectivity index (χ0v) is 15.3. The van der Waals surface area contributed by atoms with Gasteiger partial charge in [-0.15, -0.1) is 0 Å². The van der Waals surface area contributed by atoms with Crippen molar-refractivity contribution in [3.05, 3.63) is 83.4 Å². The van der Waals surface area contributed by atoms with E-state index in [2.05, 4.69) is 0 Å². The Bertz CT molecular complexity index is 989. The molecule has 0 bridgehead atoms. The van der Waals surface area contributed by atoms with Crippen molar-refractivity contribution < 1.29 is 17.6 Å². The standard InChI is InChI=1S/C24H20F4/c25-21-17(15-7-3-1-4-8-15)11-13-19(23(21)27)20-14-12-18(22(26)24(20)28)16-9-5-2-6-10-16/h1,3-4,7-8,11-14,16H,2,5-6,9-10H2. The van der Waals surface area contributed by atoms with Crippen molar-refractivity contribution in [1.29, 1.82) is 0 Å². The van der Waals surface area contributed by atoms with Gasteiger partial charge >= 0.3 is 0 Å². The summed E-state index contributed by atoms with van der Waals surface area (Å²) in [5, 5.41) is 0. The minimum atomic E-state index is -1.18. The maximum Gasteiger partial charge on any atom is 0.167 e. The highest BCUT2D eigenvalue weighted by Gasteiger charge is 2.25. The monoisotopic (exact) mass is 384 g/mol. The SMILES string of the molecule is Fc1c(-c2ccccc2)ccc(-c2ccc(C3CCCCC3)c(F)c2F)c1F. The summed E-state index contributed by atoms with van der Waals surface area (Å²) < 4.78 is 58.9. The molecule has 0 saturated heterocycles.